The summed E-state index contributed by atoms with van der Waals surface area (Å²) in [5.41, 5.74) is 0. The first-order valence-corrected chi connectivity index (χ1v) is 8.57. The molecule has 0 N–H and O–H groups in total. The molecular formula is C13H25O5S-. The van der Waals surface area contributed by atoms with E-state index in [9.17, 15) is 17.8 Å². The van der Waals surface area contributed by atoms with Crippen LogP contribution in [0, 0.1) is 11.8 Å². The molecule has 0 radical (unpaired) electrons. The van der Waals surface area contributed by atoms with Crippen LogP contribution in [0.1, 0.15) is 52.9 Å². The second-order valence-electron chi connectivity index (χ2n) is 4.63. The first kappa shape index (κ1) is 18.4. The van der Waals surface area contributed by atoms with Gasteiger partial charge in [-0.05, 0) is 25.2 Å². The zero-order chi connectivity index (χ0) is 14.9. The molecule has 2 rings (SSSR count). The normalized spacial score (nSPS) is 23.8. The van der Waals surface area contributed by atoms with Gasteiger partial charge in [0.25, 0.3) is 0 Å². The SMILES string of the molecule is C1CC2CCC1C2.CC.CCOC(=O)CS(=O)(=O)[O-]. The maximum Gasteiger partial charge on any atom is 0.319 e. The second-order valence-corrected chi connectivity index (χ2v) is 6.03. The summed E-state index contributed by atoms with van der Waals surface area (Å²) >= 11 is 0. The topological polar surface area (TPSA) is 83.5 Å². The summed E-state index contributed by atoms with van der Waals surface area (Å²) in [6.45, 7) is 5.60. The van der Waals surface area contributed by atoms with E-state index in [4.69, 9.17) is 0 Å². The minimum atomic E-state index is -4.47. The van der Waals surface area contributed by atoms with Crippen LogP contribution in [0.15, 0.2) is 0 Å². The largest absolute Gasteiger partial charge is 0.748 e. The van der Waals surface area contributed by atoms with Crippen molar-refractivity contribution in [2.24, 2.45) is 11.8 Å². The van der Waals surface area contributed by atoms with Crippen LogP contribution in [-0.2, 0) is 19.6 Å². The highest BCUT2D eigenvalue weighted by Gasteiger charge is 2.30. The van der Waals surface area contributed by atoms with Crippen LogP contribution in [-0.4, -0.2) is 31.3 Å². The number of carbonyl (C=O) groups is 1. The van der Waals surface area contributed by atoms with E-state index in [1.165, 1.54) is 18.8 Å². The summed E-state index contributed by atoms with van der Waals surface area (Å²) in [4.78, 5) is 10.3. The lowest BCUT2D eigenvalue weighted by Gasteiger charge is -2.05. The molecule has 0 saturated heterocycles. The third kappa shape index (κ3) is 8.99. The van der Waals surface area contributed by atoms with Crippen molar-refractivity contribution in [3.8, 4) is 0 Å². The van der Waals surface area contributed by atoms with Gasteiger partial charge in [0.05, 0.1) is 6.61 Å². The number of hydrogen-bond acceptors (Lipinski definition) is 5. The van der Waals surface area contributed by atoms with Crippen LogP contribution in [0.5, 0.6) is 0 Å². The van der Waals surface area contributed by atoms with Crippen molar-refractivity contribution in [3.05, 3.63) is 0 Å². The van der Waals surface area contributed by atoms with Gasteiger partial charge in [0, 0.05) is 0 Å². The molecule has 2 aliphatic carbocycles. The van der Waals surface area contributed by atoms with E-state index >= 15 is 0 Å². The molecule has 0 aromatic heterocycles. The van der Waals surface area contributed by atoms with Crippen molar-refractivity contribution in [3.63, 3.8) is 0 Å². The maximum atomic E-state index is 10.3. The van der Waals surface area contributed by atoms with Crippen LogP contribution in [0.2, 0.25) is 0 Å². The minimum absolute atomic E-state index is 0.0777. The molecule has 6 heteroatoms. The summed E-state index contributed by atoms with van der Waals surface area (Å²) in [7, 11) is -4.47. The molecule has 5 nitrogen and oxygen atoms in total. The van der Waals surface area contributed by atoms with Crippen LogP contribution < -0.4 is 0 Å². The highest BCUT2D eigenvalue weighted by atomic mass is 32.2. The van der Waals surface area contributed by atoms with Crippen LogP contribution >= 0.6 is 0 Å². The fraction of sp³-hybridized carbons (Fsp3) is 0.923. The maximum absolute atomic E-state index is 10.3. The average Bonchev–Trinajstić information content (AvgIpc) is 2.94. The Labute approximate surface area is 116 Å². The minimum Gasteiger partial charge on any atom is -0.748 e. The molecule has 0 unspecified atom stereocenters. The lowest BCUT2D eigenvalue weighted by molar-refractivity contribution is -0.140. The van der Waals surface area contributed by atoms with Gasteiger partial charge < -0.3 is 9.29 Å². The van der Waals surface area contributed by atoms with Crippen molar-refractivity contribution in [2.45, 2.75) is 52.9 Å². The Hall–Kier alpha value is -0.620. The van der Waals surface area contributed by atoms with Gasteiger partial charge in [-0.25, -0.2) is 8.42 Å². The van der Waals surface area contributed by atoms with E-state index in [1.807, 2.05) is 13.8 Å². The van der Waals surface area contributed by atoms with Gasteiger partial charge in [0.1, 0.15) is 15.9 Å². The van der Waals surface area contributed by atoms with Gasteiger partial charge >= 0.3 is 5.97 Å². The molecule has 0 heterocycles. The molecule has 0 aromatic rings. The molecule has 2 fully saturated rings. The predicted molar refractivity (Wildman–Crippen MR) is 72.6 cm³/mol. The zero-order valence-corrected chi connectivity index (χ0v) is 12.9. The lowest BCUT2D eigenvalue weighted by atomic mass is 10.0. The van der Waals surface area contributed by atoms with Crippen molar-refractivity contribution < 1.29 is 22.5 Å². The Bertz CT molecular complexity index is 332. The van der Waals surface area contributed by atoms with E-state index in [0.717, 1.165) is 0 Å². The lowest BCUT2D eigenvalue weighted by Crippen LogP contribution is -2.17. The summed E-state index contributed by atoms with van der Waals surface area (Å²) in [5.74, 6) is 0.258. The molecule has 0 aromatic carbocycles. The monoisotopic (exact) mass is 293 g/mol. The Morgan fingerprint density at radius 1 is 1.16 bits per heavy atom. The van der Waals surface area contributed by atoms with Crippen molar-refractivity contribution in [2.75, 3.05) is 12.4 Å². The molecular weight excluding hydrogens is 268 g/mol. The Kier molecular flexibility index (Phi) is 9.01. The fourth-order valence-corrected chi connectivity index (χ4v) is 2.89. The van der Waals surface area contributed by atoms with Gasteiger partial charge in [-0.3, -0.25) is 4.79 Å². The Morgan fingerprint density at radius 2 is 1.58 bits per heavy atom. The molecule has 19 heavy (non-hydrogen) atoms. The molecule has 0 spiro atoms. The molecule has 0 aliphatic heterocycles. The first-order chi connectivity index (χ1) is 8.90. The van der Waals surface area contributed by atoms with Gasteiger partial charge in [-0.15, -0.1) is 0 Å². The summed E-state index contributed by atoms with van der Waals surface area (Å²) < 4.78 is 33.8. The predicted octanol–water partition coefficient (Wildman–Crippen LogP) is 2.32. The van der Waals surface area contributed by atoms with Crippen LogP contribution in [0.4, 0.5) is 0 Å². The third-order valence-electron chi connectivity index (χ3n) is 3.23. The Balaban J connectivity index is 0.000000311. The number of esters is 1. The molecule has 2 bridgehead atoms. The quantitative estimate of drug-likeness (QED) is 0.589. The van der Waals surface area contributed by atoms with Gasteiger partial charge in [0.15, 0.2) is 0 Å². The summed E-state index contributed by atoms with van der Waals surface area (Å²) in [6.07, 6.45) is 7.82. The highest BCUT2D eigenvalue weighted by Crippen LogP contribution is 2.43. The summed E-state index contributed by atoms with van der Waals surface area (Å²) in [6, 6.07) is 0. The standard InChI is InChI=1S/C7H12.C4H8O5S.C2H6/c1-2-7-4-3-6(1)5-7;1-2-9-4(5)3-10(6,7)8;1-2/h6-7H,1-5H2;2-3H2,1H3,(H,6,7,8);1-2H3/p-1. The smallest absolute Gasteiger partial charge is 0.319 e. The first-order valence-electron chi connectivity index (χ1n) is 7.00. The number of hydrogen-bond donors (Lipinski definition) is 0. The highest BCUT2D eigenvalue weighted by molar-refractivity contribution is 7.86. The van der Waals surface area contributed by atoms with Crippen LogP contribution in [0.3, 0.4) is 0 Å². The average molecular weight is 293 g/mol. The number of rotatable bonds is 3. The van der Waals surface area contributed by atoms with E-state index in [2.05, 4.69) is 4.74 Å². The van der Waals surface area contributed by atoms with E-state index in [0.29, 0.717) is 0 Å². The number of ether oxygens (including phenoxy) is 1. The third-order valence-corrected chi connectivity index (χ3v) is 3.82. The van der Waals surface area contributed by atoms with Gasteiger partial charge in [0.2, 0.25) is 0 Å². The zero-order valence-electron chi connectivity index (χ0n) is 12.1. The number of carbonyl (C=O) groups excluding carboxylic acids is 1. The van der Waals surface area contributed by atoms with E-state index in [-0.39, 0.29) is 6.61 Å². The van der Waals surface area contributed by atoms with Crippen molar-refractivity contribution in [1.29, 1.82) is 0 Å². The summed E-state index contributed by atoms with van der Waals surface area (Å²) in [5, 5.41) is 0. The fourth-order valence-electron chi connectivity index (χ4n) is 2.52. The molecule has 0 atom stereocenters. The van der Waals surface area contributed by atoms with Gasteiger partial charge in [-0.1, -0.05) is 39.5 Å². The molecule has 114 valence electrons. The molecule has 2 saturated carbocycles. The van der Waals surface area contributed by atoms with E-state index < -0.39 is 21.8 Å². The molecule has 0 amide bonds. The van der Waals surface area contributed by atoms with Crippen molar-refractivity contribution >= 4 is 16.1 Å². The molecule has 2 aliphatic rings. The van der Waals surface area contributed by atoms with Crippen molar-refractivity contribution in [1.82, 2.24) is 0 Å². The van der Waals surface area contributed by atoms with Gasteiger partial charge in [-0.2, -0.15) is 0 Å². The van der Waals surface area contributed by atoms with E-state index in [1.54, 1.807) is 32.1 Å². The van der Waals surface area contributed by atoms with Crippen LogP contribution in [0.25, 0.3) is 0 Å². The Morgan fingerprint density at radius 3 is 1.79 bits per heavy atom. The second kappa shape index (κ2) is 9.31. The number of fused-ring (bicyclic) bond motifs is 2.